The summed E-state index contributed by atoms with van der Waals surface area (Å²) in [7, 11) is -3.06. The Morgan fingerprint density at radius 1 is 1.17 bits per heavy atom. The first kappa shape index (κ1) is 21.8. The van der Waals surface area contributed by atoms with Crippen LogP contribution in [0.4, 0.5) is 5.69 Å². The molecule has 1 aromatic heterocycles. The third kappa shape index (κ3) is 4.31. The predicted molar refractivity (Wildman–Crippen MR) is 111 cm³/mol. The molecule has 0 saturated carbocycles. The molecule has 0 N–H and O–H groups in total. The molecular formula is C20H20ClN3O5S. The molecule has 8 nitrogen and oxygen atoms in total. The second-order valence-electron chi connectivity index (χ2n) is 6.65. The van der Waals surface area contributed by atoms with Crippen LogP contribution in [-0.4, -0.2) is 31.6 Å². The minimum absolute atomic E-state index is 0.0170. The van der Waals surface area contributed by atoms with E-state index in [2.05, 4.69) is 10.1 Å². The highest BCUT2D eigenvalue weighted by atomic mass is 35.5. The van der Waals surface area contributed by atoms with Gasteiger partial charge in [-0.25, -0.2) is 13.2 Å². The lowest BCUT2D eigenvalue weighted by Gasteiger charge is -2.25. The van der Waals surface area contributed by atoms with E-state index in [1.165, 1.54) is 25.3 Å². The van der Waals surface area contributed by atoms with Gasteiger partial charge in [0.05, 0.1) is 29.9 Å². The van der Waals surface area contributed by atoms with Crippen molar-refractivity contribution in [3.63, 3.8) is 0 Å². The van der Waals surface area contributed by atoms with Crippen molar-refractivity contribution in [3.8, 4) is 0 Å². The van der Waals surface area contributed by atoms with Crippen molar-refractivity contribution in [3.05, 3.63) is 70.8 Å². The zero-order valence-electron chi connectivity index (χ0n) is 16.6. The Labute approximate surface area is 179 Å². The van der Waals surface area contributed by atoms with Crippen molar-refractivity contribution >= 4 is 33.3 Å². The number of sulfonamides is 1. The molecule has 0 aliphatic carbocycles. The standard InChI is InChI=1S/C20H20ClN3O5S/c1-13(2)19-22-18(23-29-19)12-24(16-10-6-5-9-15(16)21)30(26,27)17-11-7-4-8-14(17)20(25)28-3/h4-11,13H,12H2,1-3H3. The molecule has 1 heterocycles. The Morgan fingerprint density at radius 2 is 1.83 bits per heavy atom. The van der Waals surface area contributed by atoms with E-state index in [-0.39, 0.29) is 39.5 Å². The van der Waals surface area contributed by atoms with E-state index in [0.29, 0.717) is 5.89 Å². The first-order valence-corrected chi connectivity index (χ1v) is 10.8. The summed E-state index contributed by atoms with van der Waals surface area (Å²) in [6, 6.07) is 12.3. The first-order chi connectivity index (χ1) is 14.3. The van der Waals surface area contributed by atoms with E-state index in [0.717, 1.165) is 4.31 Å². The molecule has 30 heavy (non-hydrogen) atoms. The van der Waals surface area contributed by atoms with Crippen LogP contribution in [-0.2, 0) is 21.3 Å². The molecule has 3 rings (SSSR count). The van der Waals surface area contributed by atoms with Gasteiger partial charge in [-0.15, -0.1) is 0 Å². The van der Waals surface area contributed by atoms with Crippen molar-refractivity contribution in [2.75, 3.05) is 11.4 Å². The van der Waals surface area contributed by atoms with Gasteiger partial charge in [-0.05, 0) is 24.3 Å². The number of esters is 1. The molecule has 158 valence electrons. The molecule has 0 fully saturated rings. The summed E-state index contributed by atoms with van der Waals surface area (Å²) in [5.74, 6) is -0.235. The number of carbonyl (C=O) groups excluding carboxylic acids is 1. The lowest BCUT2D eigenvalue weighted by molar-refractivity contribution is 0.0596. The minimum Gasteiger partial charge on any atom is -0.465 e. The van der Waals surface area contributed by atoms with Crippen LogP contribution in [0.15, 0.2) is 57.9 Å². The molecule has 0 unspecified atom stereocenters. The minimum atomic E-state index is -4.25. The van der Waals surface area contributed by atoms with Gasteiger partial charge in [0.1, 0.15) is 4.90 Å². The number of hydrogen-bond acceptors (Lipinski definition) is 7. The van der Waals surface area contributed by atoms with Crippen molar-refractivity contribution in [1.29, 1.82) is 0 Å². The third-order valence-corrected chi connectivity index (χ3v) is 6.38. The summed E-state index contributed by atoms with van der Waals surface area (Å²) in [6.07, 6.45) is 0. The van der Waals surface area contributed by atoms with Crippen LogP contribution in [0.5, 0.6) is 0 Å². The molecular weight excluding hydrogens is 430 g/mol. The molecule has 0 radical (unpaired) electrons. The average Bonchev–Trinajstić information content (AvgIpc) is 3.21. The number of para-hydroxylation sites is 1. The Hall–Kier alpha value is -2.91. The molecule has 0 atom stereocenters. The fourth-order valence-electron chi connectivity index (χ4n) is 2.74. The Balaban J connectivity index is 2.15. The van der Waals surface area contributed by atoms with Crippen LogP contribution >= 0.6 is 11.6 Å². The zero-order chi connectivity index (χ0) is 21.9. The molecule has 3 aromatic rings. The van der Waals surface area contributed by atoms with E-state index in [1.54, 1.807) is 30.3 Å². The monoisotopic (exact) mass is 449 g/mol. The van der Waals surface area contributed by atoms with Gasteiger partial charge in [0.25, 0.3) is 10.0 Å². The topological polar surface area (TPSA) is 103 Å². The van der Waals surface area contributed by atoms with Gasteiger partial charge in [-0.2, -0.15) is 4.98 Å². The number of nitrogens with zero attached hydrogens (tertiary/aromatic N) is 3. The van der Waals surface area contributed by atoms with Crippen LogP contribution in [0.1, 0.15) is 41.8 Å². The van der Waals surface area contributed by atoms with Crippen LogP contribution in [0.2, 0.25) is 5.02 Å². The summed E-state index contributed by atoms with van der Waals surface area (Å²) in [5.41, 5.74) is 0.128. The van der Waals surface area contributed by atoms with Gasteiger partial charge in [-0.1, -0.05) is 54.9 Å². The van der Waals surface area contributed by atoms with Crippen molar-refractivity contribution < 1.29 is 22.5 Å². The van der Waals surface area contributed by atoms with E-state index in [1.807, 2.05) is 13.8 Å². The van der Waals surface area contributed by atoms with E-state index in [4.69, 9.17) is 20.9 Å². The maximum atomic E-state index is 13.6. The predicted octanol–water partition coefficient (Wildman–Crippen LogP) is 4.03. The van der Waals surface area contributed by atoms with Gasteiger partial charge >= 0.3 is 5.97 Å². The number of halogens is 1. The smallest absolute Gasteiger partial charge is 0.339 e. The normalized spacial score (nSPS) is 11.5. The maximum Gasteiger partial charge on any atom is 0.339 e. The molecule has 10 heteroatoms. The van der Waals surface area contributed by atoms with E-state index in [9.17, 15) is 13.2 Å². The van der Waals surface area contributed by atoms with Gasteiger partial charge in [0, 0.05) is 5.92 Å². The highest BCUT2D eigenvalue weighted by Crippen LogP contribution is 2.33. The van der Waals surface area contributed by atoms with Crippen LogP contribution in [0.3, 0.4) is 0 Å². The Bertz CT molecular complexity index is 1160. The number of methoxy groups -OCH3 is 1. The number of ether oxygens (including phenoxy) is 1. The maximum absolute atomic E-state index is 13.6. The SMILES string of the molecule is COC(=O)c1ccccc1S(=O)(=O)N(Cc1noc(C(C)C)n1)c1ccccc1Cl. The van der Waals surface area contributed by atoms with Crippen molar-refractivity contribution in [2.45, 2.75) is 31.2 Å². The van der Waals surface area contributed by atoms with Gasteiger partial charge in [-0.3, -0.25) is 4.31 Å². The molecule has 0 aliphatic rings. The average molecular weight is 450 g/mol. The molecule has 0 amide bonds. The molecule has 2 aromatic carbocycles. The van der Waals surface area contributed by atoms with Gasteiger partial charge in [0.15, 0.2) is 5.82 Å². The highest BCUT2D eigenvalue weighted by Gasteiger charge is 2.32. The van der Waals surface area contributed by atoms with Crippen molar-refractivity contribution in [2.24, 2.45) is 0 Å². The summed E-state index contributed by atoms with van der Waals surface area (Å²) in [6.45, 7) is 3.52. The fraction of sp³-hybridized carbons (Fsp3) is 0.250. The van der Waals surface area contributed by atoms with Crippen LogP contribution in [0, 0.1) is 0 Å². The summed E-state index contributed by atoms with van der Waals surface area (Å²) in [5, 5.41) is 4.10. The first-order valence-electron chi connectivity index (χ1n) is 9.02. The van der Waals surface area contributed by atoms with Crippen LogP contribution < -0.4 is 4.31 Å². The number of aromatic nitrogens is 2. The van der Waals surface area contributed by atoms with E-state index >= 15 is 0 Å². The van der Waals surface area contributed by atoms with E-state index < -0.39 is 16.0 Å². The summed E-state index contributed by atoms with van der Waals surface area (Å²) < 4.78 is 38.3. The molecule has 0 spiro atoms. The highest BCUT2D eigenvalue weighted by molar-refractivity contribution is 7.92. The fourth-order valence-corrected chi connectivity index (χ4v) is 4.65. The van der Waals surface area contributed by atoms with Crippen LogP contribution in [0.25, 0.3) is 0 Å². The number of benzene rings is 2. The lowest BCUT2D eigenvalue weighted by atomic mass is 10.2. The number of anilines is 1. The summed E-state index contributed by atoms with van der Waals surface area (Å²) >= 11 is 6.30. The largest absolute Gasteiger partial charge is 0.465 e. The number of rotatable bonds is 7. The third-order valence-electron chi connectivity index (χ3n) is 4.24. The number of hydrogen-bond donors (Lipinski definition) is 0. The van der Waals surface area contributed by atoms with Gasteiger partial charge < -0.3 is 9.26 Å². The zero-order valence-corrected chi connectivity index (χ0v) is 18.1. The Morgan fingerprint density at radius 3 is 2.47 bits per heavy atom. The van der Waals surface area contributed by atoms with Crippen molar-refractivity contribution in [1.82, 2.24) is 10.1 Å². The lowest BCUT2D eigenvalue weighted by Crippen LogP contribution is -2.32. The second kappa shape index (κ2) is 8.85. The second-order valence-corrected chi connectivity index (χ2v) is 8.89. The Kier molecular flexibility index (Phi) is 6.42. The molecule has 0 bridgehead atoms. The summed E-state index contributed by atoms with van der Waals surface area (Å²) in [4.78, 5) is 16.2. The van der Waals surface area contributed by atoms with Gasteiger partial charge in [0.2, 0.25) is 5.89 Å². The quantitative estimate of drug-likeness (QED) is 0.501. The molecule has 0 aliphatic heterocycles. The number of carbonyl (C=O) groups is 1. The molecule has 0 saturated heterocycles.